The summed E-state index contributed by atoms with van der Waals surface area (Å²) < 4.78 is 11.5. The molecule has 24 heavy (non-hydrogen) atoms. The predicted molar refractivity (Wildman–Crippen MR) is 95.7 cm³/mol. The molecule has 0 atom stereocenters. The van der Waals surface area contributed by atoms with Crippen LogP contribution in [-0.2, 0) is 0 Å². The summed E-state index contributed by atoms with van der Waals surface area (Å²) >= 11 is 3.34. The van der Waals surface area contributed by atoms with Gasteiger partial charge in [0.15, 0.2) is 0 Å². The van der Waals surface area contributed by atoms with E-state index in [1.54, 1.807) is 30.3 Å². The van der Waals surface area contributed by atoms with Crippen molar-refractivity contribution in [3.8, 4) is 5.75 Å². The van der Waals surface area contributed by atoms with Crippen LogP contribution >= 0.6 is 15.9 Å². The van der Waals surface area contributed by atoms with Gasteiger partial charge in [0.2, 0.25) is 0 Å². The van der Waals surface area contributed by atoms with Crippen LogP contribution in [0.2, 0.25) is 0 Å². The number of fused-ring (bicyclic) bond motifs is 1. The number of carbonyl (C=O) groups excluding carboxylic acids is 1. The first kappa shape index (κ1) is 16.3. The minimum Gasteiger partial charge on any atom is -0.494 e. The van der Waals surface area contributed by atoms with Gasteiger partial charge in [-0.05, 0) is 43.3 Å². The smallest absolute Gasteiger partial charge is 0.337 e. The van der Waals surface area contributed by atoms with E-state index in [0.29, 0.717) is 29.0 Å². The second-order valence-electron chi connectivity index (χ2n) is 5.03. The Balaban J connectivity index is 1.99. The molecule has 1 amide bonds. The van der Waals surface area contributed by atoms with Crippen LogP contribution in [0.5, 0.6) is 5.75 Å². The van der Waals surface area contributed by atoms with Gasteiger partial charge in [-0.15, -0.1) is 0 Å². The van der Waals surface area contributed by atoms with Gasteiger partial charge in [-0.1, -0.05) is 15.9 Å². The standard InChI is InChI=1S/C18H14BrNO4/c1-2-23-13-7-8-14-15(10-17(21)24-16(14)9-13)18(22)20-12-5-3-11(19)4-6-12/h3-10H,2H2,1H3,(H,20,22). The van der Waals surface area contributed by atoms with E-state index in [0.717, 1.165) is 4.47 Å². The largest absolute Gasteiger partial charge is 0.494 e. The van der Waals surface area contributed by atoms with Crippen molar-refractivity contribution in [3.05, 3.63) is 69.0 Å². The fourth-order valence-electron chi connectivity index (χ4n) is 2.32. The minimum atomic E-state index is -0.586. The number of benzene rings is 2. The second-order valence-corrected chi connectivity index (χ2v) is 5.95. The first-order chi connectivity index (χ1) is 11.6. The molecule has 0 saturated heterocycles. The highest BCUT2D eigenvalue weighted by Gasteiger charge is 2.14. The Kier molecular flexibility index (Phi) is 4.66. The van der Waals surface area contributed by atoms with Crippen molar-refractivity contribution in [2.75, 3.05) is 11.9 Å². The normalized spacial score (nSPS) is 10.6. The van der Waals surface area contributed by atoms with Crippen LogP contribution in [0.3, 0.4) is 0 Å². The summed E-state index contributed by atoms with van der Waals surface area (Å²) in [6, 6.07) is 13.4. The third-order valence-corrected chi connectivity index (χ3v) is 3.90. The van der Waals surface area contributed by atoms with Gasteiger partial charge in [-0.2, -0.15) is 0 Å². The quantitative estimate of drug-likeness (QED) is 0.680. The first-order valence-electron chi connectivity index (χ1n) is 7.34. The average molecular weight is 388 g/mol. The van der Waals surface area contributed by atoms with Crippen LogP contribution in [0.1, 0.15) is 17.3 Å². The Labute approximate surface area is 146 Å². The predicted octanol–water partition coefficient (Wildman–Crippen LogP) is 4.21. The number of carbonyl (C=O) groups is 1. The zero-order valence-corrected chi connectivity index (χ0v) is 14.4. The summed E-state index contributed by atoms with van der Waals surface area (Å²) in [5.41, 5.74) is 0.620. The number of halogens is 1. The van der Waals surface area contributed by atoms with E-state index < -0.39 is 5.63 Å². The average Bonchev–Trinajstić information content (AvgIpc) is 2.56. The van der Waals surface area contributed by atoms with Crippen molar-refractivity contribution in [1.29, 1.82) is 0 Å². The van der Waals surface area contributed by atoms with E-state index in [1.807, 2.05) is 19.1 Å². The highest BCUT2D eigenvalue weighted by molar-refractivity contribution is 9.10. The van der Waals surface area contributed by atoms with Gasteiger partial charge in [0.1, 0.15) is 11.3 Å². The number of nitrogens with one attached hydrogen (secondary N) is 1. The summed E-state index contributed by atoms with van der Waals surface area (Å²) in [4.78, 5) is 24.3. The molecule has 0 radical (unpaired) electrons. The van der Waals surface area contributed by atoms with Gasteiger partial charge < -0.3 is 14.5 Å². The highest BCUT2D eigenvalue weighted by atomic mass is 79.9. The topological polar surface area (TPSA) is 68.5 Å². The van der Waals surface area contributed by atoms with E-state index >= 15 is 0 Å². The Morgan fingerprint density at radius 3 is 2.62 bits per heavy atom. The number of hydrogen-bond acceptors (Lipinski definition) is 4. The molecule has 5 nitrogen and oxygen atoms in total. The molecular weight excluding hydrogens is 374 g/mol. The van der Waals surface area contributed by atoms with Crippen molar-refractivity contribution < 1.29 is 13.9 Å². The molecular formula is C18H14BrNO4. The molecule has 1 heterocycles. The van der Waals surface area contributed by atoms with Crippen LogP contribution in [0.4, 0.5) is 5.69 Å². The first-order valence-corrected chi connectivity index (χ1v) is 8.14. The van der Waals surface area contributed by atoms with Crippen molar-refractivity contribution in [2.45, 2.75) is 6.92 Å². The lowest BCUT2D eigenvalue weighted by atomic mass is 10.1. The number of hydrogen-bond donors (Lipinski definition) is 1. The molecule has 0 unspecified atom stereocenters. The number of ether oxygens (including phenoxy) is 1. The maximum absolute atomic E-state index is 12.5. The molecule has 0 aliphatic rings. The highest BCUT2D eigenvalue weighted by Crippen LogP contribution is 2.24. The van der Waals surface area contributed by atoms with Gasteiger partial charge in [-0.25, -0.2) is 4.79 Å². The maximum Gasteiger partial charge on any atom is 0.337 e. The van der Waals surface area contributed by atoms with Crippen LogP contribution in [0.15, 0.2) is 62.2 Å². The summed E-state index contributed by atoms with van der Waals surface area (Å²) in [5.74, 6) is 0.206. The van der Waals surface area contributed by atoms with E-state index in [-0.39, 0.29) is 11.5 Å². The van der Waals surface area contributed by atoms with Crippen molar-refractivity contribution >= 4 is 38.5 Å². The van der Waals surface area contributed by atoms with Crippen molar-refractivity contribution in [1.82, 2.24) is 0 Å². The van der Waals surface area contributed by atoms with Gasteiger partial charge in [0.25, 0.3) is 5.91 Å². The van der Waals surface area contributed by atoms with E-state index in [9.17, 15) is 9.59 Å². The summed E-state index contributed by atoms with van der Waals surface area (Å²) in [5, 5.41) is 3.32. The lowest BCUT2D eigenvalue weighted by molar-refractivity contribution is 0.102. The summed E-state index contributed by atoms with van der Waals surface area (Å²) in [6.45, 7) is 2.36. The van der Waals surface area contributed by atoms with Crippen LogP contribution in [0, 0.1) is 0 Å². The van der Waals surface area contributed by atoms with Crippen LogP contribution < -0.4 is 15.7 Å². The van der Waals surface area contributed by atoms with Gasteiger partial charge in [0, 0.05) is 27.7 Å². The number of amides is 1. The van der Waals surface area contributed by atoms with Crippen molar-refractivity contribution in [2.24, 2.45) is 0 Å². The molecule has 0 saturated carbocycles. The maximum atomic E-state index is 12.5. The molecule has 0 fully saturated rings. The monoisotopic (exact) mass is 387 g/mol. The fraction of sp³-hybridized carbons (Fsp3) is 0.111. The minimum absolute atomic E-state index is 0.257. The zero-order chi connectivity index (χ0) is 17.1. The van der Waals surface area contributed by atoms with Crippen LogP contribution in [0.25, 0.3) is 11.0 Å². The molecule has 0 bridgehead atoms. The second kappa shape index (κ2) is 6.88. The lowest BCUT2D eigenvalue weighted by Crippen LogP contribution is -2.15. The van der Waals surface area contributed by atoms with E-state index in [1.165, 1.54) is 6.07 Å². The summed E-state index contributed by atoms with van der Waals surface area (Å²) in [7, 11) is 0. The Hall–Kier alpha value is -2.60. The molecule has 3 rings (SSSR count). The van der Waals surface area contributed by atoms with Gasteiger partial charge in [0.05, 0.1) is 12.2 Å². The molecule has 122 valence electrons. The summed E-state index contributed by atoms with van der Waals surface area (Å²) in [6.07, 6.45) is 0. The molecule has 0 spiro atoms. The van der Waals surface area contributed by atoms with E-state index in [4.69, 9.17) is 9.15 Å². The Morgan fingerprint density at radius 1 is 1.17 bits per heavy atom. The molecule has 0 aliphatic heterocycles. The molecule has 6 heteroatoms. The molecule has 3 aromatic rings. The Morgan fingerprint density at radius 2 is 1.92 bits per heavy atom. The zero-order valence-electron chi connectivity index (χ0n) is 12.8. The number of anilines is 1. The fourth-order valence-corrected chi connectivity index (χ4v) is 2.58. The van der Waals surface area contributed by atoms with E-state index in [2.05, 4.69) is 21.2 Å². The lowest BCUT2D eigenvalue weighted by Gasteiger charge is -2.09. The SMILES string of the molecule is CCOc1ccc2c(C(=O)Nc3ccc(Br)cc3)cc(=O)oc2c1. The number of rotatable bonds is 4. The molecule has 0 aliphatic carbocycles. The molecule has 1 aromatic heterocycles. The van der Waals surface area contributed by atoms with Gasteiger partial charge in [-0.3, -0.25) is 4.79 Å². The molecule has 2 aromatic carbocycles. The van der Waals surface area contributed by atoms with Crippen molar-refractivity contribution in [3.63, 3.8) is 0 Å². The Bertz CT molecular complexity index is 947. The third-order valence-electron chi connectivity index (χ3n) is 3.37. The van der Waals surface area contributed by atoms with Crippen LogP contribution in [-0.4, -0.2) is 12.5 Å². The van der Waals surface area contributed by atoms with Gasteiger partial charge >= 0.3 is 5.63 Å². The molecule has 1 N–H and O–H groups in total. The third kappa shape index (κ3) is 3.49.